The molecular weight excluding hydrogens is 264 g/mol. The van der Waals surface area contributed by atoms with Crippen molar-refractivity contribution in [3.05, 3.63) is 29.8 Å². The Labute approximate surface area is 128 Å². The molecule has 2 unspecified atom stereocenters. The van der Waals surface area contributed by atoms with Crippen molar-refractivity contribution in [1.29, 1.82) is 0 Å². The first-order valence-electron chi connectivity index (χ1n) is 7.86. The normalized spacial score (nSPS) is 20.5. The second kappa shape index (κ2) is 8.06. The zero-order chi connectivity index (χ0) is 14.4. The summed E-state index contributed by atoms with van der Waals surface area (Å²) < 4.78 is 0. The molecule has 1 aliphatic rings. The zero-order valence-corrected chi connectivity index (χ0v) is 13.9. The molecule has 0 aromatic heterocycles. The highest BCUT2D eigenvalue weighted by Crippen LogP contribution is 2.24. The molecule has 1 aliphatic heterocycles. The van der Waals surface area contributed by atoms with Crippen LogP contribution in [0.15, 0.2) is 29.2 Å². The molecule has 0 saturated carbocycles. The van der Waals surface area contributed by atoms with E-state index in [-0.39, 0.29) is 0 Å². The molecule has 2 atom stereocenters. The summed E-state index contributed by atoms with van der Waals surface area (Å²) in [6.45, 7) is 8.18. The van der Waals surface area contributed by atoms with Crippen molar-refractivity contribution in [2.45, 2.75) is 50.1 Å². The topological polar surface area (TPSA) is 15.3 Å². The molecule has 3 heteroatoms. The summed E-state index contributed by atoms with van der Waals surface area (Å²) in [5.74, 6) is 0. The monoisotopic (exact) mass is 292 g/mol. The van der Waals surface area contributed by atoms with Crippen LogP contribution in [0.25, 0.3) is 0 Å². The van der Waals surface area contributed by atoms with Crippen LogP contribution >= 0.6 is 11.8 Å². The van der Waals surface area contributed by atoms with Crippen molar-refractivity contribution in [2.24, 2.45) is 0 Å². The van der Waals surface area contributed by atoms with Gasteiger partial charge in [-0.25, -0.2) is 0 Å². The van der Waals surface area contributed by atoms with Gasteiger partial charge in [-0.3, -0.25) is 4.90 Å². The Balaban J connectivity index is 2.01. The molecule has 0 radical (unpaired) electrons. The Morgan fingerprint density at radius 3 is 2.65 bits per heavy atom. The number of hydrogen-bond donors (Lipinski definition) is 1. The summed E-state index contributed by atoms with van der Waals surface area (Å²) in [6.07, 6.45) is 6.02. The van der Waals surface area contributed by atoms with E-state index >= 15 is 0 Å². The molecule has 1 N–H and O–H groups in total. The lowest BCUT2D eigenvalue weighted by Gasteiger charge is -2.31. The molecule has 2 nitrogen and oxygen atoms in total. The van der Waals surface area contributed by atoms with Gasteiger partial charge in [-0.15, -0.1) is 11.8 Å². The summed E-state index contributed by atoms with van der Waals surface area (Å²) >= 11 is 1.81. The minimum atomic E-state index is 0.508. The van der Waals surface area contributed by atoms with Gasteiger partial charge < -0.3 is 5.32 Å². The van der Waals surface area contributed by atoms with E-state index in [2.05, 4.69) is 54.6 Å². The van der Waals surface area contributed by atoms with Crippen LogP contribution in [-0.4, -0.2) is 36.8 Å². The van der Waals surface area contributed by atoms with E-state index in [9.17, 15) is 0 Å². The lowest BCUT2D eigenvalue weighted by Crippen LogP contribution is -2.39. The van der Waals surface area contributed by atoms with Crippen LogP contribution in [0.5, 0.6) is 0 Å². The molecule has 2 rings (SSSR count). The third kappa shape index (κ3) is 4.24. The SMILES string of the molecule is CCCN(CC1CCCN1)C(C)c1ccc(SC)cc1. The Bertz CT molecular complexity index is 384. The standard InChI is InChI=1S/C17H28N2S/c1-4-12-19(13-16-6-5-11-18-16)14(2)15-7-9-17(20-3)10-8-15/h7-10,14,16,18H,4-6,11-13H2,1-3H3. The Hall–Kier alpha value is -0.510. The minimum absolute atomic E-state index is 0.508. The number of rotatable bonds is 7. The largest absolute Gasteiger partial charge is 0.313 e. The first kappa shape index (κ1) is 15.9. The quantitative estimate of drug-likeness (QED) is 0.767. The number of hydrogen-bond acceptors (Lipinski definition) is 3. The van der Waals surface area contributed by atoms with Crippen molar-refractivity contribution < 1.29 is 0 Å². The van der Waals surface area contributed by atoms with Crippen molar-refractivity contribution in [1.82, 2.24) is 10.2 Å². The molecule has 1 heterocycles. The van der Waals surface area contributed by atoms with E-state index in [0.717, 1.165) is 0 Å². The Morgan fingerprint density at radius 2 is 2.10 bits per heavy atom. The highest BCUT2D eigenvalue weighted by atomic mass is 32.2. The predicted molar refractivity (Wildman–Crippen MR) is 89.5 cm³/mol. The molecule has 0 bridgehead atoms. The molecule has 0 aliphatic carbocycles. The summed E-state index contributed by atoms with van der Waals surface area (Å²) in [6, 6.07) is 10.3. The second-order valence-corrected chi connectivity index (χ2v) is 6.62. The van der Waals surface area contributed by atoms with E-state index in [1.165, 1.54) is 49.4 Å². The smallest absolute Gasteiger partial charge is 0.0320 e. The van der Waals surface area contributed by atoms with Crippen molar-refractivity contribution >= 4 is 11.8 Å². The van der Waals surface area contributed by atoms with Gasteiger partial charge in [0.05, 0.1) is 0 Å². The Kier molecular flexibility index (Phi) is 6.40. The number of thioether (sulfide) groups is 1. The molecule has 1 saturated heterocycles. The van der Waals surface area contributed by atoms with Crippen LogP contribution in [0.4, 0.5) is 0 Å². The number of benzene rings is 1. The van der Waals surface area contributed by atoms with Gasteiger partial charge in [0.25, 0.3) is 0 Å². The lowest BCUT2D eigenvalue weighted by molar-refractivity contribution is 0.192. The lowest BCUT2D eigenvalue weighted by atomic mass is 10.1. The van der Waals surface area contributed by atoms with Gasteiger partial charge >= 0.3 is 0 Å². The first-order valence-corrected chi connectivity index (χ1v) is 9.08. The maximum atomic E-state index is 3.63. The summed E-state index contributed by atoms with van der Waals surface area (Å²) in [4.78, 5) is 3.98. The van der Waals surface area contributed by atoms with Crippen LogP contribution < -0.4 is 5.32 Å². The summed E-state index contributed by atoms with van der Waals surface area (Å²) in [5.41, 5.74) is 1.44. The van der Waals surface area contributed by atoms with Crippen LogP contribution in [0, 0.1) is 0 Å². The fourth-order valence-electron chi connectivity index (χ4n) is 3.02. The van der Waals surface area contributed by atoms with E-state index in [0.29, 0.717) is 12.1 Å². The van der Waals surface area contributed by atoms with Crippen LogP contribution in [-0.2, 0) is 0 Å². The molecule has 20 heavy (non-hydrogen) atoms. The van der Waals surface area contributed by atoms with E-state index in [1.807, 2.05) is 11.8 Å². The molecule has 1 aromatic carbocycles. The van der Waals surface area contributed by atoms with Crippen molar-refractivity contribution in [3.8, 4) is 0 Å². The number of nitrogens with one attached hydrogen (secondary N) is 1. The maximum Gasteiger partial charge on any atom is 0.0320 e. The maximum absolute atomic E-state index is 3.63. The van der Waals surface area contributed by atoms with Gasteiger partial charge in [-0.1, -0.05) is 19.1 Å². The third-order valence-corrected chi connectivity index (χ3v) is 5.02. The van der Waals surface area contributed by atoms with E-state index < -0.39 is 0 Å². The summed E-state index contributed by atoms with van der Waals surface area (Å²) in [7, 11) is 0. The molecule has 1 aromatic rings. The van der Waals surface area contributed by atoms with E-state index in [4.69, 9.17) is 0 Å². The predicted octanol–water partition coefficient (Wildman–Crippen LogP) is 3.93. The van der Waals surface area contributed by atoms with Gasteiger partial charge in [-0.2, -0.15) is 0 Å². The molecular formula is C17H28N2S. The van der Waals surface area contributed by atoms with Gasteiger partial charge in [0, 0.05) is 23.5 Å². The highest BCUT2D eigenvalue weighted by molar-refractivity contribution is 7.98. The zero-order valence-electron chi connectivity index (χ0n) is 13.1. The minimum Gasteiger partial charge on any atom is -0.313 e. The molecule has 0 spiro atoms. The van der Waals surface area contributed by atoms with Gasteiger partial charge in [0.15, 0.2) is 0 Å². The average Bonchev–Trinajstić information content (AvgIpc) is 2.99. The molecule has 0 amide bonds. The van der Waals surface area contributed by atoms with Gasteiger partial charge in [0.1, 0.15) is 0 Å². The van der Waals surface area contributed by atoms with Gasteiger partial charge in [-0.05, 0) is 63.2 Å². The molecule has 112 valence electrons. The number of nitrogens with zero attached hydrogens (tertiary/aromatic N) is 1. The fraction of sp³-hybridized carbons (Fsp3) is 0.647. The van der Waals surface area contributed by atoms with Crippen LogP contribution in [0.2, 0.25) is 0 Å². The fourth-order valence-corrected chi connectivity index (χ4v) is 3.43. The highest BCUT2D eigenvalue weighted by Gasteiger charge is 2.21. The second-order valence-electron chi connectivity index (χ2n) is 5.74. The van der Waals surface area contributed by atoms with E-state index in [1.54, 1.807) is 0 Å². The Morgan fingerprint density at radius 1 is 1.35 bits per heavy atom. The van der Waals surface area contributed by atoms with Crippen molar-refractivity contribution in [3.63, 3.8) is 0 Å². The van der Waals surface area contributed by atoms with Crippen molar-refractivity contribution in [2.75, 3.05) is 25.9 Å². The average molecular weight is 292 g/mol. The first-order chi connectivity index (χ1) is 9.74. The summed E-state index contributed by atoms with van der Waals surface area (Å²) in [5, 5.41) is 3.63. The third-order valence-electron chi connectivity index (χ3n) is 4.27. The van der Waals surface area contributed by atoms with Gasteiger partial charge in [0.2, 0.25) is 0 Å². The molecule has 1 fully saturated rings. The van der Waals surface area contributed by atoms with Crippen LogP contribution in [0.1, 0.15) is 44.7 Å². The van der Waals surface area contributed by atoms with Crippen LogP contribution in [0.3, 0.4) is 0 Å².